The van der Waals surface area contributed by atoms with Crippen molar-refractivity contribution in [2.45, 2.75) is 12.3 Å². The lowest BCUT2D eigenvalue weighted by Gasteiger charge is -2.37. The van der Waals surface area contributed by atoms with Crippen LogP contribution >= 0.6 is 0 Å². The fourth-order valence-electron chi connectivity index (χ4n) is 5.74. The Hall–Kier alpha value is -3.51. The van der Waals surface area contributed by atoms with Gasteiger partial charge in [-0.25, -0.2) is 0 Å². The third kappa shape index (κ3) is 6.08. The first kappa shape index (κ1) is 25.2. The van der Waals surface area contributed by atoms with E-state index in [-0.39, 0.29) is 11.8 Å². The monoisotopic (exact) mass is 499 g/mol. The summed E-state index contributed by atoms with van der Waals surface area (Å²) in [6.45, 7) is 6.64. The van der Waals surface area contributed by atoms with Crippen LogP contribution in [0.15, 0.2) is 78.9 Å². The summed E-state index contributed by atoms with van der Waals surface area (Å²) in [6, 6.07) is 26.9. The highest BCUT2D eigenvalue weighted by atomic mass is 16.5. The van der Waals surface area contributed by atoms with Crippen molar-refractivity contribution in [3.63, 3.8) is 0 Å². The minimum atomic E-state index is 0.178. The molecule has 3 aromatic rings. The molecule has 194 valence electrons. The number of para-hydroxylation sites is 1. The molecular formula is C31H37N3O3. The summed E-state index contributed by atoms with van der Waals surface area (Å²) in [7, 11) is 3.37. The number of methoxy groups -OCH3 is 2. The Kier molecular flexibility index (Phi) is 7.95. The van der Waals surface area contributed by atoms with E-state index in [1.807, 2.05) is 30.3 Å². The van der Waals surface area contributed by atoms with E-state index in [1.165, 1.54) is 11.3 Å². The number of carbonyl (C=O) groups is 1. The van der Waals surface area contributed by atoms with E-state index in [4.69, 9.17) is 9.47 Å². The van der Waals surface area contributed by atoms with Gasteiger partial charge in [0.25, 0.3) is 0 Å². The zero-order valence-corrected chi connectivity index (χ0v) is 21.9. The fraction of sp³-hybridized carbons (Fsp3) is 0.387. The van der Waals surface area contributed by atoms with Gasteiger partial charge in [0.05, 0.1) is 20.6 Å². The molecule has 37 heavy (non-hydrogen) atoms. The molecule has 2 fully saturated rings. The summed E-state index contributed by atoms with van der Waals surface area (Å²) in [5.74, 6) is 2.50. The van der Waals surface area contributed by atoms with Crippen molar-refractivity contribution in [3.05, 3.63) is 90.0 Å². The van der Waals surface area contributed by atoms with Crippen LogP contribution in [0.25, 0.3) is 0 Å². The Morgan fingerprint density at radius 1 is 0.811 bits per heavy atom. The Bertz CT molecular complexity index is 1180. The third-order valence-electron chi connectivity index (χ3n) is 7.79. The molecule has 0 bridgehead atoms. The van der Waals surface area contributed by atoms with Crippen LogP contribution in [0.5, 0.6) is 11.5 Å². The lowest BCUT2D eigenvalue weighted by Crippen LogP contribution is -2.48. The fourth-order valence-corrected chi connectivity index (χ4v) is 5.74. The van der Waals surface area contributed by atoms with Crippen LogP contribution in [0.3, 0.4) is 0 Å². The van der Waals surface area contributed by atoms with Gasteiger partial charge in [-0.05, 0) is 53.4 Å². The van der Waals surface area contributed by atoms with Gasteiger partial charge in [0, 0.05) is 57.4 Å². The maximum absolute atomic E-state index is 13.4. The van der Waals surface area contributed by atoms with E-state index >= 15 is 0 Å². The minimum absolute atomic E-state index is 0.178. The molecule has 3 aromatic carbocycles. The average molecular weight is 500 g/mol. The van der Waals surface area contributed by atoms with Crippen molar-refractivity contribution in [3.8, 4) is 11.5 Å². The molecule has 2 saturated heterocycles. The van der Waals surface area contributed by atoms with Gasteiger partial charge in [0.1, 0.15) is 11.5 Å². The summed E-state index contributed by atoms with van der Waals surface area (Å²) in [5, 5.41) is 0. The van der Waals surface area contributed by atoms with Crippen molar-refractivity contribution >= 4 is 11.6 Å². The Labute approximate surface area is 220 Å². The van der Waals surface area contributed by atoms with Crippen LogP contribution < -0.4 is 14.4 Å². The van der Waals surface area contributed by atoms with E-state index < -0.39 is 0 Å². The summed E-state index contributed by atoms with van der Waals surface area (Å²) in [6.07, 6.45) is 0.393. The molecule has 0 saturated carbocycles. The lowest BCUT2D eigenvalue weighted by molar-refractivity contribution is -0.129. The second kappa shape index (κ2) is 11.7. The molecule has 0 N–H and O–H groups in total. The van der Waals surface area contributed by atoms with E-state index in [1.54, 1.807) is 14.2 Å². The van der Waals surface area contributed by atoms with E-state index in [2.05, 4.69) is 63.2 Å². The number of anilines is 1. The number of carbonyl (C=O) groups excluding carboxylic acids is 1. The van der Waals surface area contributed by atoms with Gasteiger partial charge in [0.15, 0.2) is 0 Å². The number of ether oxygens (including phenoxy) is 2. The molecule has 6 heteroatoms. The zero-order valence-electron chi connectivity index (χ0n) is 21.9. The lowest BCUT2D eigenvalue weighted by atomic mass is 9.88. The van der Waals surface area contributed by atoms with Gasteiger partial charge in [0.2, 0.25) is 5.91 Å². The van der Waals surface area contributed by atoms with Gasteiger partial charge in [-0.2, -0.15) is 0 Å². The van der Waals surface area contributed by atoms with Crippen molar-refractivity contribution in [2.24, 2.45) is 5.92 Å². The number of piperazine rings is 1. The van der Waals surface area contributed by atoms with Crippen molar-refractivity contribution in [2.75, 3.05) is 64.9 Å². The molecule has 1 amide bonds. The smallest absolute Gasteiger partial charge is 0.227 e. The summed E-state index contributed by atoms with van der Waals surface area (Å²) in [5.41, 5.74) is 3.54. The first-order valence-electron chi connectivity index (χ1n) is 13.2. The van der Waals surface area contributed by atoms with Gasteiger partial charge in [-0.3, -0.25) is 9.69 Å². The number of benzene rings is 3. The average Bonchev–Trinajstić information content (AvgIpc) is 3.38. The Morgan fingerprint density at radius 3 is 2.24 bits per heavy atom. The Morgan fingerprint density at radius 2 is 1.51 bits per heavy atom. The maximum atomic E-state index is 13.4. The van der Waals surface area contributed by atoms with Gasteiger partial charge in [-0.15, -0.1) is 0 Å². The quantitative estimate of drug-likeness (QED) is 0.462. The van der Waals surface area contributed by atoms with Gasteiger partial charge >= 0.3 is 0 Å². The van der Waals surface area contributed by atoms with Crippen LogP contribution in [0, 0.1) is 5.92 Å². The summed E-state index contributed by atoms with van der Waals surface area (Å²) >= 11 is 0. The predicted molar refractivity (Wildman–Crippen MR) is 148 cm³/mol. The highest BCUT2D eigenvalue weighted by Crippen LogP contribution is 2.35. The number of hydrogen-bond acceptors (Lipinski definition) is 5. The number of likely N-dealkylation sites (tertiary alicyclic amines) is 1. The third-order valence-corrected chi connectivity index (χ3v) is 7.79. The summed E-state index contributed by atoms with van der Waals surface area (Å²) < 4.78 is 10.9. The number of rotatable bonds is 8. The first-order chi connectivity index (χ1) is 18.1. The van der Waals surface area contributed by atoms with Crippen LogP contribution in [0.4, 0.5) is 5.69 Å². The topological polar surface area (TPSA) is 45.2 Å². The van der Waals surface area contributed by atoms with Crippen LogP contribution in [-0.2, 0) is 11.2 Å². The molecule has 2 unspecified atom stereocenters. The molecule has 0 radical (unpaired) electrons. The normalized spacial score (nSPS) is 20.2. The summed E-state index contributed by atoms with van der Waals surface area (Å²) in [4.78, 5) is 20.5. The highest BCUT2D eigenvalue weighted by molar-refractivity contribution is 5.79. The molecule has 5 rings (SSSR count). The minimum Gasteiger partial charge on any atom is -0.497 e. The first-order valence-corrected chi connectivity index (χ1v) is 13.2. The zero-order chi connectivity index (χ0) is 25.6. The van der Waals surface area contributed by atoms with Crippen molar-refractivity contribution < 1.29 is 14.3 Å². The molecule has 2 aliphatic rings. The number of hydrogen-bond donors (Lipinski definition) is 0. The van der Waals surface area contributed by atoms with Gasteiger partial charge in [-0.1, -0.05) is 42.5 Å². The van der Waals surface area contributed by atoms with Crippen LogP contribution in [0.2, 0.25) is 0 Å². The van der Waals surface area contributed by atoms with Crippen molar-refractivity contribution in [1.82, 2.24) is 9.80 Å². The SMILES string of the molecule is COc1cccc(CC(=O)N2CC(CN3CCN(c4ccccc4)CC3)C(c3cccc(OC)c3)C2)c1. The van der Waals surface area contributed by atoms with Crippen molar-refractivity contribution in [1.29, 1.82) is 0 Å². The molecule has 2 aliphatic heterocycles. The molecule has 2 heterocycles. The largest absolute Gasteiger partial charge is 0.497 e. The van der Waals surface area contributed by atoms with Crippen LogP contribution in [-0.4, -0.2) is 75.7 Å². The second-order valence-electron chi connectivity index (χ2n) is 10.1. The highest BCUT2D eigenvalue weighted by Gasteiger charge is 2.37. The van der Waals surface area contributed by atoms with E-state index in [0.717, 1.165) is 62.9 Å². The van der Waals surface area contributed by atoms with Gasteiger partial charge < -0.3 is 19.3 Å². The van der Waals surface area contributed by atoms with E-state index in [9.17, 15) is 4.79 Å². The number of amides is 1. The Balaban J connectivity index is 1.28. The van der Waals surface area contributed by atoms with E-state index in [0.29, 0.717) is 12.3 Å². The standard InChI is InChI=1S/C31H37N3O3/c1-36-28-12-6-8-24(18-28)19-31(35)34-22-26(30(23-34)25-9-7-13-29(20-25)37-2)21-32-14-16-33(17-15-32)27-10-4-3-5-11-27/h3-13,18,20,26,30H,14-17,19,21-23H2,1-2H3. The molecule has 0 spiro atoms. The second-order valence-corrected chi connectivity index (χ2v) is 10.1. The molecular weight excluding hydrogens is 462 g/mol. The molecule has 0 aromatic heterocycles. The molecule has 0 aliphatic carbocycles. The van der Waals surface area contributed by atoms with Crippen LogP contribution in [0.1, 0.15) is 17.0 Å². The maximum Gasteiger partial charge on any atom is 0.227 e. The number of nitrogens with zero attached hydrogens (tertiary/aromatic N) is 3. The molecule has 6 nitrogen and oxygen atoms in total. The molecule has 2 atom stereocenters. The predicted octanol–water partition coefficient (Wildman–Crippen LogP) is 4.31.